The Balaban J connectivity index is 1.58. The molecule has 546 valence electrons. The average Bonchev–Trinajstić information content (AvgIpc) is 0.830. The van der Waals surface area contributed by atoms with Crippen molar-refractivity contribution in [3.63, 3.8) is 0 Å². The van der Waals surface area contributed by atoms with Gasteiger partial charge in [-0.3, -0.25) is 4.79 Å². The van der Waals surface area contributed by atoms with Crippen molar-refractivity contribution >= 4 is 5.91 Å². The molecule has 2 heterocycles. The zero-order valence-corrected chi connectivity index (χ0v) is 59.8. The molecule has 12 atom stereocenters. The number of hydrogen-bond acceptors (Lipinski definition) is 13. The second-order valence-corrected chi connectivity index (χ2v) is 28.6. The first-order valence-corrected chi connectivity index (χ1v) is 39.9. The smallest absolute Gasteiger partial charge is 0.220 e. The molecular formula is C78H151NO13. The largest absolute Gasteiger partial charge is 0.394 e. The van der Waals surface area contributed by atoms with Crippen LogP contribution in [0.2, 0.25) is 0 Å². The molecule has 1 amide bonds. The Labute approximate surface area is 565 Å². The lowest BCUT2D eigenvalue weighted by molar-refractivity contribution is -0.359. The summed E-state index contributed by atoms with van der Waals surface area (Å²) in [6.45, 7) is 2.93. The molecule has 2 saturated heterocycles. The Hall–Kier alpha value is -1.27. The van der Waals surface area contributed by atoms with Crippen LogP contribution >= 0.6 is 0 Å². The van der Waals surface area contributed by atoms with E-state index < -0.39 is 86.8 Å². The molecule has 14 heteroatoms. The minimum atomic E-state index is -1.78. The summed E-state index contributed by atoms with van der Waals surface area (Å²) in [4.78, 5) is 13.4. The predicted molar refractivity (Wildman–Crippen MR) is 379 cm³/mol. The number of ether oxygens (including phenoxy) is 4. The van der Waals surface area contributed by atoms with Gasteiger partial charge in [-0.25, -0.2) is 0 Å². The highest BCUT2D eigenvalue weighted by Gasteiger charge is 2.51. The number of carbonyl (C=O) groups is 1. The van der Waals surface area contributed by atoms with E-state index in [1.54, 1.807) is 0 Å². The standard InChI is InChI=1S/C78H151NO13/c1-3-5-7-9-11-13-15-17-19-21-23-25-27-28-29-30-31-32-33-34-35-36-37-38-40-42-44-46-48-50-52-54-56-58-60-62-70(83)79-66(65-89-77-75(88)73(86)76(69(64-81)91-77)92-78-74(87)72(85)71(84)68(63-80)90-78)67(82)61-59-57-55-53-51-49-47-45-43-41-39-26-24-22-20-18-16-14-12-10-8-6-4-2/h21,23,66-69,71-78,80-82,84-88H,3-20,22,24-65H2,1-2H3,(H,79,83)/b23-21-. The number of aliphatic hydroxyl groups excluding tert-OH is 8. The molecule has 92 heavy (non-hydrogen) atoms. The highest BCUT2D eigenvalue weighted by atomic mass is 16.7. The lowest BCUT2D eigenvalue weighted by Crippen LogP contribution is -2.65. The fraction of sp³-hybridized carbons (Fsp3) is 0.962. The Morgan fingerprint density at radius 2 is 0.685 bits per heavy atom. The molecule has 2 fully saturated rings. The second-order valence-electron chi connectivity index (χ2n) is 28.6. The van der Waals surface area contributed by atoms with Crippen molar-refractivity contribution in [3.05, 3.63) is 12.2 Å². The van der Waals surface area contributed by atoms with Gasteiger partial charge in [-0.2, -0.15) is 0 Å². The van der Waals surface area contributed by atoms with Crippen LogP contribution in [0.25, 0.3) is 0 Å². The van der Waals surface area contributed by atoms with E-state index in [0.29, 0.717) is 12.8 Å². The molecule has 2 aliphatic rings. The maximum absolute atomic E-state index is 13.4. The Morgan fingerprint density at radius 3 is 1.03 bits per heavy atom. The highest BCUT2D eigenvalue weighted by molar-refractivity contribution is 5.76. The Morgan fingerprint density at radius 1 is 0.380 bits per heavy atom. The van der Waals surface area contributed by atoms with E-state index in [1.165, 1.54) is 308 Å². The van der Waals surface area contributed by atoms with Crippen molar-refractivity contribution in [2.75, 3.05) is 19.8 Å². The van der Waals surface area contributed by atoms with Gasteiger partial charge in [0.1, 0.15) is 48.8 Å². The molecule has 14 nitrogen and oxygen atoms in total. The number of hydrogen-bond donors (Lipinski definition) is 9. The van der Waals surface area contributed by atoms with Gasteiger partial charge in [0.05, 0.1) is 32.0 Å². The van der Waals surface area contributed by atoms with Gasteiger partial charge in [0.25, 0.3) is 0 Å². The molecule has 2 rings (SSSR count). The Kier molecular flexibility index (Phi) is 59.6. The average molecular weight is 1310 g/mol. The van der Waals surface area contributed by atoms with Crippen LogP contribution in [0, 0.1) is 0 Å². The maximum Gasteiger partial charge on any atom is 0.220 e. The lowest BCUT2D eigenvalue weighted by atomic mass is 9.97. The summed E-state index contributed by atoms with van der Waals surface area (Å²) in [5.41, 5.74) is 0. The van der Waals surface area contributed by atoms with Crippen LogP contribution in [-0.2, 0) is 23.7 Å². The second kappa shape index (κ2) is 63.2. The topological polar surface area (TPSA) is 228 Å². The minimum Gasteiger partial charge on any atom is -0.394 e. The summed E-state index contributed by atoms with van der Waals surface area (Å²) in [7, 11) is 0. The number of amides is 1. The normalized spacial score (nSPS) is 22.6. The molecule has 0 aromatic rings. The van der Waals surface area contributed by atoms with Crippen LogP contribution in [0.5, 0.6) is 0 Å². The van der Waals surface area contributed by atoms with Gasteiger partial charge >= 0.3 is 0 Å². The fourth-order valence-corrected chi connectivity index (χ4v) is 13.7. The molecule has 12 unspecified atom stereocenters. The Bertz CT molecular complexity index is 1590. The molecule has 0 spiro atoms. The molecule has 0 aromatic heterocycles. The van der Waals surface area contributed by atoms with Crippen LogP contribution in [0.1, 0.15) is 386 Å². The minimum absolute atomic E-state index is 0.196. The highest BCUT2D eigenvalue weighted by Crippen LogP contribution is 2.30. The summed E-state index contributed by atoms with van der Waals surface area (Å²) in [6, 6.07) is -0.826. The van der Waals surface area contributed by atoms with E-state index in [1.807, 2.05) is 0 Å². The third-order valence-electron chi connectivity index (χ3n) is 20.0. The number of aliphatic hydroxyl groups is 8. The van der Waals surface area contributed by atoms with E-state index in [2.05, 4.69) is 31.3 Å². The van der Waals surface area contributed by atoms with Gasteiger partial charge in [-0.1, -0.05) is 353 Å². The summed E-state index contributed by atoms with van der Waals surface area (Å²) in [5, 5.41) is 87.8. The summed E-state index contributed by atoms with van der Waals surface area (Å²) >= 11 is 0. The molecule has 2 aliphatic heterocycles. The first-order chi connectivity index (χ1) is 45.1. The SMILES string of the molecule is CCCCCCCCCC/C=C\CCCCCCCCCCCCCCCCCCCCCCCCCC(=O)NC(COC1OC(CO)C(OC2OC(CO)C(O)C(O)C2O)C(O)C1O)C(O)CCCCCCCCCCCCCCCCCCCCCCCCC. The number of unbranched alkanes of at least 4 members (excludes halogenated alkanes) is 53. The molecule has 9 N–H and O–H groups in total. The molecule has 0 aliphatic carbocycles. The van der Waals surface area contributed by atoms with Crippen molar-refractivity contribution in [1.82, 2.24) is 5.32 Å². The van der Waals surface area contributed by atoms with Crippen LogP contribution in [0.4, 0.5) is 0 Å². The van der Waals surface area contributed by atoms with Crippen molar-refractivity contribution < 1.29 is 64.6 Å². The van der Waals surface area contributed by atoms with Gasteiger partial charge in [0, 0.05) is 6.42 Å². The zero-order chi connectivity index (χ0) is 66.6. The molecule has 0 radical (unpaired) electrons. The van der Waals surface area contributed by atoms with Gasteiger partial charge in [-0.05, 0) is 38.5 Å². The van der Waals surface area contributed by atoms with Gasteiger partial charge in [-0.15, -0.1) is 0 Å². The lowest BCUT2D eigenvalue weighted by Gasteiger charge is -2.46. The van der Waals surface area contributed by atoms with Crippen molar-refractivity contribution in [1.29, 1.82) is 0 Å². The van der Waals surface area contributed by atoms with E-state index in [0.717, 1.165) is 51.4 Å². The number of nitrogens with one attached hydrogen (secondary N) is 1. The van der Waals surface area contributed by atoms with Crippen molar-refractivity contribution in [2.24, 2.45) is 0 Å². The van der Waals surface area contributed by atoms with Crippen LogP contribution < -0.4 is 5.32 Å². The van der Waals surface area contributed by atoms with Crippen LogP contribution in [0.3, 0.4) is 0 Å². The first kappa shape index (κ1) is 86.8. The summed E-state index contributed by atoms with van der Waals surface area (Å²) in [5.74, 6) is -0.196. The van der Waals surface area contributed by atoms with Gasteiger partial charge in [0.2, 0.25) is 5.91 Å². The van der Waals surface area contributed by atoms with Crippen LogP contribution in [0.15, 0.2) is 12.2 Å². The summed E-state index contributed by atoms with van der Waals surface area (Å²) < 4.78 is 23.0. The van der Waals surface area contributed by atoms with Crippen molar-refractivity contribution in [3.8, 4) is 0 Å². The quantitative estimate of drug-likeness (QED) is 0.0204. The third kappa shape index (κ3) is 46.1. The molecule has 0 saturated carbocycles. The van der Waals surface area contributed by atoms with E-state index in [9.17, 15) is 45.6 Å². The van der Waals surface area contributed by atoms with Crippen LogP contribution in [-0.4, -0.2) is 140 Å². The monoisotopic (exact) mass is 1310 g/mol. The van der Waals surface area contributed by atoms with E-state index in [4.69, 9.17) is 18.9 Å². The third-order valence-corrected chi connectivity index (χ3v) is 20.0. The zero-order valence-electron chi connectivity index (χ0n) is 59.8. The molecule has 0 bridgehead atoms. The first-order valence-electron chi connectivity index (χ1n) is 39.9. The van der Waals surface area contributed by atoms with Gasteiger partial charge < -0.3 is 65.1 Å². The maximum atomic E-state index is 13.4. The van der Waals surface area contributed by atoms with Crippen molar-refractivity contribution in [2.45, 2.75) is 460 Å². The predicted octanol–water partition coefficient (Wildman–Crippen LogP) is 17.7. The number of rotatable bonds is 68. The van der Waals surface area contributed by atoms with E-state index in [-0.39, 0.29) is 12.5 Å². The molecule has 0 aromatic carbocycles. The van der Waals surface area contributed by atoms with Gasteiger partial charge in [0.15, 0.2) is 12.6 Å². The molecular weight excluding hydrogens is 1160 g/mol. The van der Waals surface area contributed by atoms with E-state index >= 15 is 0 Å². The number of carbonyl (C=O) groups excluding carboxylic acids is 1. The number of allylic oxidation sites excluding steroid dienone is 2. The summed E-state index contributed by atoms with van der Waals surface area (Å²) in [6.07, 6.45) is 62.6. The fourth-order valence-electron chi connectivity index (χ4n) is 13.7.